The molecule has 1 fully saturated rings. The Morgan fingerprint density at radius 1 is 1.26 bits per heavy atom. The standard InChI is InChI=1S/C16H25NO2/c1-12(2)19-14-8-13(9-17-10-14)16(18)7-5-6-15(3,4)11-16/h8-10,12,18H,5-7,11H2,1-4H3. The Balaban J connectivity index is 2.25. The summed E-state index contributed by atoms with van der Waals surface area (Å²) in [6, 6.07) is 1.94. The van der Waals surface area contributed by atoms with Crippen LogP contribution >= 0.6 is 0 Å². The zero-order chi connectivity index (χ0) is 14.1. The van der Waals surface area contributed by atoms with Crippen LogP contribution in [0.3, 0.4) is 0 Å². The van der Waals surface area contributed by atoms with Crippen molar-refractivity contribution in [2.75, 3.05) is 0 Å². The maximum absolute atomic E-state index is 10.9. The molecular weight excluding hydrogens is 238 g/mol. The van der Waals surface area contributed by atoms with E-state index in [1.54, 1.807) is 12.4 Å². The van der Waals surface area contributed by atoms with Gasteiger partial charge in [0.05, 0.1) is 17.9 Å². The quantitative estimate of drug-likeness (QED) is 0.905. The Hall–Kier alpha value is -1.09. The highest BCUT2D eigenvalue weighted by Crippen LogP contribution is 2.46. The van der Waals surface area contributed by atoms with Gasteiger partial charge in [-0.1, -0.05) is 13.8 Å². The summed E-state index contributed by atoms with van der Waals surface area (Å²) in [5.74, 6) is 0.740. The molecule has 1 atom stereocenters. The molecule has 1 aromatic rings. The van der Waals surface area contributed by atoms with Crippen LogP contribution in [0.4, 0.5) is 0 Å². The van der Waals surface area contributed by atoms with Crippen LogP contribution in [0.2, 0.25) is 0 Å². The van der Waals surface area contributed by atoms with Crippen molar-refractivity contribution in [2.45, 2.75) is 65.1 Å². The van der Waals surface area contributed by atoms with Gasteiger partial charge < -0.3 is 9.84 Å². The molecule has 0 aliphatic heterocycles. The average Bonchev–Trinajstić information content (AvgIpc) is 2.26. The molecule has 1 saturated carbocycles. The lowest BCUT2D eigenvalue weighted by atomic mass is 9.68. The van der Waals surface area contributed by atoms with E-state index in [4.69, 9.17) is 4.74 Å². The number of aliphatic hydroxyl groups is 1. The maximum atomic E-state index is 10.9. The van der Waals surface area contributed by atoms with Gasteiger partial charge in [-0.25, -0.2) is 0 Å². The first-order valence-electron chi connectivity index (χ1n) is 7.15. The van der Waals surface area contributed by atoms with Gasteiger partial charge in [0.1, 0.15) is 5.75 Å². The fourth-order valence-electron chi connectivity index (χ4n) is 3.08. The van der Waals surface area contributed by atoms with Crippen molar-refractivity contribution in [1.29, 1.82) is 0 Å². The summed E-state index contributed by atoms with van der Waals surface area (Å²) in [7, 11) is 0. The second kappa shape index (κ2) is 5.12. The van der Waals surface area contributed by atoms with E-state index in [0.29, 0.717) is 0 Å². The summed E-state index contributed by atoms with van der Waals surface area (Å²) in [5, 5.41) is 10.9. The molecule has 1 aliphatic carbocycles. The van der Waals surface area contributed by atoms with Gasteiger partial charge in [0.25, 0.3) is 0 Å². The Kier molecular flexibility index (Phi) is 3.86. The lowest BCUT2D eigenvalue weighted by Crippen LogP contribution is -2.36. The van der Waals surface area contributed by atoms with Crippen molar-refractivity contribution in [3.63, 3.8) is 0 Å². The van der Waals surface area contributed by atoms with E-state index >= 15 is 0 Å². The molecule has 2 rings (SSSR count). The summed E-state index contributed by atoms with van der Waals surface area (Å²) < 4.78 is 5.67. The second-order valence-electron chi connectivity index (χ2n) is 6.80. The van der Waals surface area contributed by atoms with Gasteiger partial charge in [-0.15, -0.1) is 0 Å². The Labute approximate surface area is 116 Å². The maximum Gasteiger partial charge on any atom is 0.138 e. The van der Waals surface area contributed by atoms with Crippen molar-refractivity contribution in [2.24, 2.45) is 5.41 Å². The number of ether oxygens (including phenoxy) is 1. The molecule has 1 aromatic heterocycles. The highest BCUT2D eigenvalue weighted by atomic mass is 16.5. The van der Waals surface area contributed by atoms with E-state index in [9.17, 15) is 5.11 Å². The molecule has 0 saturated heterocycles. The highest BCUT2D eigenvalue weighted by Gasteiger charge is 2.40. The van der Waals surface area contributed by atoms with Crippen molar-refractivity contribution in [3.8, 4) is 5.75 Å². The molecule has 1 heterocycles. The normalized spacial score (nSPS) is 26.4. The number of hydrogen-bond acceptors (Lipinski definition) is 3. The van der Waals surface area contributed by atoms with Crippen molar-refractivity contribution < 1.29 is 9.84 Å². The van der Waals surface area contributed by atoms with E-state index < -0.39 is 5.60 Å². The van der Waals surface area contributed by atoms with Crippen LogP contribution in [0.25, 0.3) is 0 Å². The molecule has 0 bridgehead atoms. The van der Waals surface area contributed by atoms with Crippen LogP contribution in [0.1, 0.15) is 58.9 Å². The molecule has 1 aliphatic rings. The third-order valence-electron chi connectivity index (χ3n) is 3.84. The molecule has 0 aromatic carbocycles. The molecule has 19 heavy (non-hydrogen) atoms. The first-order valence-corrected chi connectivity index (χ1v) is 7.15. The monoisotopic (exact) mass is 263 g/mol. The predicted octanol–water partition coefficient (Wildman–Crippen LogP) is 3.66. The van der Waals surface area contributed by atoms with Gasteiger partial charge in [-0.2, -0.15) is 0 Å². The summed E-state index contributed by atoms with van der Waals surface area (Å²) in [4.78, 5) is 4.22. The van der Waals surface area contributed by atoms with Gasteiger partial charge >= 0.3 is 0 Å². The Morgan fingerprint density at radius 3 is 2.63 bits per heavy atom. The average molecular weight is 263 g/mol. The Morgan fingerprint density at radius 2 is 2.00 bits per heavy atom. The minimum Gasteiger partial charge on any atom is -0.489 e. The number of aromatic nitrogens is 1. The molecular formula is C16H25NO2. The number of rotatable bonds is 3. The molecule has 106 valence electrons. The minimum absolute atomic E-state index is 0.120. The molecule has 0 amide bonds. The van der Waals surface area contributed by atoms with Gasteiger partial charge in [-0.05, 0) is 51.0 Å². The summed E-state index contributed by atoms with van der Waals surface area (Å²) in [5.41, 5.74) is 0.311. The van der Waals surface area contributed by atoms with E-state index in [-0.39, 0.29) is 11.5 Å². The predicted molar refractivity (Wildman–Crippen MR) is 76.1 cm³/mol. The molecule has 0 spiro atoms. The van der Waals surface area contributed by atoms with Gasteiger partial charge in [-0.3, -0.25) is 4.98 Å². The van der Waals surface area contributed by atoms with Gasteiger partial charge in [0, 0.05) is 11.8 Å². The molecule has 3 nitrogen and oxygen atoms in total. The second-order valence-corrected chi connectivity index (χ2v) is 6.80. The number of pyridine rings is 1. The lowest BCUT2D eigenvalue weighted by Gasteiger charge is -2.41. The van der Waals surface area contributed by atoms with Crippen LogP contribution in [0.5, 0.6) is 5.75 Å². The smallest absolute Gasteiger partial charge is 0.138 e. The molecule has 0 radical (unpaired) electrons. The van der Waals surface area contributed by atoms with E-state index in [1.165, 1.54) is 6.42 Å². The fraction of sp³-hybridized carbons (Fsp3) is 0.688. The topological polar surface area (TPSA) is 42.4 Å². The highest BCUT2D eigenvalue weighted by molar-refractivity contribution is 5.29. The third-order valence-corrected chi connectivity index (χ3v) is 3.84. The van der Waals surface area contributed by atoms with Crippen LogP contribution in [0, 0.1) is 5.41 Å². The van der Waals surface area contributed by atoms with E-state index in [2.05, 4.69) is 18.8 Å². The zero-order valence-electron chi connectivity index (χ0n) is 12.4. The van der Waals surface area contributed by atoms with E-state index in [0.717, 1.165) is 30.6 Å². The molecule has 1 N–H and O–H groups in total. The molecule has 3 heteroatoms. The Bertz CT molecular complexity index is 442. The number of nitrogens with zero attached hydrogens (tertiary/aromatic N) is 1. The van der Waals surface area contributed by atoms with Gasteiger partial charge in [0.2, 0.25) is 0 Å². The third kappa shape index (κ3) is 3.47. The summed E-state index contributed by atoms with van der Waals surface area (Å²) in [6.45, 7) is 8.42. The zero-order valence-corrected chi connectivity index (χ0v) is 12.4. The first kappa shape index (κ1) is 14.3. The largest absolute Gasteiger partial charge is 0.489 e. The van der Waals surface area contributed by atoms with Crippen molar-refractivity contribution in [1.82, 2.24) is 4.98 Å². The lowest BCUT2D eigenvalue weighted by molar-refractivity contribution is -0.0444. The van der Waals surface area contributed by atoms with Crippen LogP contribution in [0.15, 0.2) is 18.5 Å². The van der Waals surface area contributed by atoms with Gasteiger partial charge in [0.15, 0.2) is 0 Å². The van der Waals surface area contributed by atoms with Crippen LogP contribution in [-0.2, 0) is 5.60 Å². The fourth-order valence-corrected chi connectivity index (χ4v) is 3.08. The molecule has 1 unspecified atom stereocenters. The van der Waals surface area contributed by atoms with Crippen molar-refractivity contribution >= 4 is 0 Å². The summed E-state index contributed by atoms with van der Waals surface area (Å²) in [6.07, 6.45) is 7.42. The van der Waals surface area contributed by atoms with Crippen LogP contribution in [-0.4, -0.2) is 16.2 Å². The van der Waals surface area contributed by atoms with E-state index in [1.807, 2.05) is 19.9 Å². The van der Waals surface area contributed by atoms with Crippen LogP contribution < -0.4 is 4.74 Å². The minimum atomic E-state index is -0.759. The SMILES string of the molecule is CC(C)Oc1cncc(C2(O)CCCC(C)(C)C2)c1. The first-order chi connectivity index (χ1) is 8.81. The van der Waals surface area contributed by atoms with Crippen molar-refractivity contribution in [3.05, 3.63) is 24.0 Å². The summed E-state index contributed by atoms with van der Waals surface area (Å²) >= 11 is 0. The number of hydrogen-bond donors (Lipinski definition) is 1.